The number of fused-ring (bicyclic) bond motifs is 1. The molecule has 2 unspecified atom stereocenters. The Kier molecular flexibility index (Phi) is 7.49. The summed E-state index contributed by atoms with van der Waals surface area (Å²) >= 11 is 4.32. The number of β-lactam (4-membered cyclic amide) rings is 1. The number of alkyl halides is 1. The third-order valence-electron chi connectivity index (χ3n) is 3.84. The van der Waals surface area contributed by atoms with Crippen molar-refractivity contribution in [2.24, 2.45) is 0 Å². The van der Waals surface area contributed by atoms with Crippen LogP contribution in [0.25, 0.3) is 0 Å². The van der Waals surface area contributed by atoms with E-state index in [1.54, 1.807) is 41.5 Å². The van der Waals surface area contributed by atoms with Gasteiger partial charge in [0.1, 0.15) is 29.2 Å². The Morgan fingerprint density at radius 3 is 2.27 bits per heavy atom. The van der Waals surface area contributed by atoms with Crippen LogP contribution in [0.2, 0.25) is 0 Å². The first-order chi connectivity index (χ1) is 13.7. The Morgan fingerprint density at radius 2 is 1.73 bits per heavy atom. The number of carbonyl (C=O) groups is 4. The summed E-state index contributed by atoms with van der Waals surface area (Å²) in [7, 11) is 0. The molecule has 11 heteroatoms. The standard InChI is InChI=1S/C19H27BrN2O7S/c1-18(2,3)28-16(25)12-10(15(24)27-8-7-20)9-30-14-11(13(23)22(12)14)21-17(26)29-19(4,5)6/h9,11-12,14H,7-8H2,1-6H3,(H,21,26)/t11?,12?,14-/m1/s1. The minimum absolute atomic E-state index is 0.0236. The van der Waals surface area contributed by atoms with Crippen molar-refractivity contribution in [2.75, 3.05) is 11.9 Å². The smallest absolute Gasteiger partial charge is 0.408 e. The van der Waals surface area contributed by atoms with E-state index in [-0.39, 0.29) is 12.2 Å². The first kappa shape index (κ1) is 24.5. The highest BCUT2D eigenvalue weighted by Gasteiger charge is 2.58. The molecule has 168 valence electrons. The number of carbonyl (C=O) groups excluding carboxylic acids is 4. The molecule has 2 aliphatic rings. The number of rotatable bonds is 5. The first-order valence-corrected chi connectivity index (χ1v) is 11.4. The molecule has 2 rings (SSSR count). The molecule has 0 aromatic carbocycles. The van der Waals surface area contributed by atoms with Gasteiger partial charge in [0.2, 0.25) is 5.91 Å². The zero-order valence-corrected chi connectivity index (χ0v) is 20.2. The minimum Gasteiger partial charge on any atom is -0.461 e. The van der Waals surface area contributed by atoms with E-state index in [1.165, 1.54) is 10.3 Å². The molecule has 0 saturated carbocycles. The van der Waals surface area contributed by atoms with Crippen molar-refractivity contribution in [2.45, 2.75) is 70.2 Å². The summed E-state index contributed by atoms with van der Waals surface area (Å²) in [5.41, 5.74) is -1.51. The maximum absolute atomic E-state index is 12.9. The predicted molar refractivity (Wildman–Crippen MR) is 114 cm³/mol. The van der Waals surface area contributed by atoms with Gasteiger partial charge in [-0.25, -0.2) is 14.4 Å². The van der Waals surface area contributed by atoms with Gasteiger partial charge in [0.25, 0.3) is 0 Å². The summed E-state index contributed by atoms with van der Waals surface area (Å²) in [5.74, 6) is -1.94. The number of esters is 2. The van der Waals surface area contributed by atoms with Gasteiger partial charge in [-0.05, 0) is 47.0 Å². The minimum atomic E-state index is -1.25. The third kappa shape index (κ3) is 5.90. The topological polar surface area (TPSA) is 111 Å². The van der Waals surface area contributed by atoms with Gasteiger partial charge in [-0.3, -0.25) is 4.79 Å². The molecule has 9 nitrogen and oxygen atoms in total. The molecular formula is C19H27BrN2O7S. The second-order valence-corrected chi connectivity index (χ2v) is 10.5. The summed E-state index contributed by atoms with van der Waals surface area (Å²) in [6, 6.07) is -2.13. The maximum Gasteiger partial charge on any atom is 0.408 e. The van der Waals surface area contributed by atoms with Gasteiger partial charge in [0.05, 0.1) is 5.57 Å². The van der Waals surface area contributed by atoms with Crippen molar-refractivity contribution in [3.63, 3.8) is 0 Å². The van der Waals surface area contributed by atoms with Gasteiger partial charge in [0, 0.05) is 5.33 Å². The number of thioether (sulfide) groups is 1. The van der Waals surface area contributed by atoms with E-state index >= 15 is 0 Å². The Balaban J connectivity index is 2.24. The molecule has 2 heterocycles. The predicted octanol–water partition coefficient (Wildman–Crippen LogP) is 2.33. The molecule has 1 saturated heterocycles. The van der Waals surface area contributed by atoms with Gasteiger partial charge in [-0.15, -0.1) is 11.8 Å². The van der Waals surface area contributed by atoms with E-state index in [1.807, 2.05) is 0 Å². The summed E-state index contributed by atoms with van der Waals surface area (Å²) in [4.78, 5) is 51.5. The van der Waals surface area contributed by atoms with Crippen LogP contribution in [-0.4, -0.2) is 69.4 Å². The monoisotopic (exact) mass is 506 g/mol. The maximum atomic E-state index is 12.9. The zero-order chi connectivity index (χ0) is 22.9. The second kappa shape index (κ2) is 9.17. The van der Waals surface area contributed by atoms with Crippen LogP contribution in [0.3, 0.4) is 0 Å². The molecule has 0 aromatic rings. The van der Waals surface area contributed by atoms with Crippen molar-refractivity contribution in [1.82, 2.24) is 10.2 Å². The number of hydrogen-bond acceptors (Lipinski definition) is 8. The second-order valence-electron chi connectivity index (χ2n) is 8.73. The molecule has 0 radical (unpaired) electrons. The molecule has 1 fully saturated rings. The van der Waals surface area contributed by atoms with Gasteiger partial charge in [-0.1, -0.05) is 15.9 Å². The zero-order valence-electron chi connectivity index (χ0n) is 17.8. The normalized spacial score (nSPS) is 23.6. The van der Waals surface area contributed by atoms with E-state index in [4.69, 9.17) is 14.2 Å². The molecule has 30 heavy (non-hydrogen) atoms. The van der Waals surface area contributed by atoms with Gasteiger partial charge in [-0.2, -0.15) is 0 Å². The van der Waals surface area contributed by atoms with Crippen LogP contribution in [0, 0.1) is 0 Å². The Hall–Kier alpha value is -1.75. The number of ether oxygens (including phenoxy) is 3. The van der Waals surface area contributed by atoms with Crippen LogP contribution in [0.4, 0.5) is 4.79 Å². The molecule has 2 amide bonds. The fourth-order valence-electron chi connectivity index (χ4n) is 2.80. The van der Waals surface area contributed by atoms with Crippen LogP contribution in [0.15, 0.2) is 11.0 Å². The van der Waals surface area contributed by atoms with E-state index in [9.17, 15) is 19.2 Å². The van der Waals surface area contributed by atoms with E-state index in [2.05, 4.69) is 21.2 Å². The highest BCUT2D eigenvalue weighted by molar-refractivity contribution is 9.09. The van der Waals surface area contributed by atoms with Gasteiger partial charge >= 0.3 is 18.0 Å². The highest BCUT2D eigenvalue weighted by Crippen LogP contribution is 2.41. The number of alkyl carbamates (subject to hydrolysis) is 1. The Labute approximate surface area is 188 Å². The lowest BCUT2D eigenvalue weighted by Gasteiger charge is -2.51. The number of nitrogens with zero attached hydrogens (tertiary/aromatic N) is 1. The van der Waals surface area contributed by atoms with Crippen LogP contribution < -0.4 is 5.32 Å². The summed E-state index contributed by atoms with van der Waals surface area (Å²) in [6.07, 6.45) is -0.735. The van der Waals surface area contributed by atoms with Crippen LogP contribution in [0.5, 0.6) is 0 Å². The molecule has 0 aliphatic carbocycles. The van der Waals surface area contributed by atoms with Crippen molar-refractivity contribution < 1.29 is 33.4 Å². The number of nitrogens with one attached hydrogen (secondary N) is 1. The fourth-order valence-corrected chi connectivity index (χ4v) is 4.17. The van der Waals surface area contributed by atoms with E-state index < -0.39 is 52.6 Å². The largest absolute Gasteiger partial charge is 0.461 e. The van der Waals surface area contributed by atoms with Crippen LogP contribution >= 0.6 is 27.7 Å². The molecule has 0 bridgehead atoms. The lowest BCUT2D eigenvalue weighted by Crippen LogP contribution is -2.74. The van der Waals surface area contributed by atoms with Gasteiger partial charge in [0.15, 0.2) is 6.04 Å². The van der Waals surface area contributed by atoms with Crippen LogP contribution in [0.1, 0.15) is 41.5 Å². The average Bonchev–Trinajstić information content (AvgIpc) is 2.59. The van der Waals surface area contributed by atoms with E-state index in [0.717, 1.165) is 11.8 Å². The van der Waals surface area contributed by atoms with E-state index in [0.29, 0.717) is 5.33 Å². The lowest BCUT2D eigenvalue weighted by atomic mass is 9.97. The fraction of sp³-hybridized carbons (Fsp3) is 0.684. The molecule has 0 aromatic heterocycles. The SMILES string of the molecule is CC(C)(C)OC(=O)NC1C(=O)N2C(C(=O)OC(C)(C)C)C(C(=O)OCCBr)=CS[C@H]12. The number of halogens is 1. The van der Waals surface area contributed by atoms with Crippen LogP contribution in [-0.2, 0) is 28.6 Å². The molecule has 3 atom stereocenters. The Morgan fingerprint density at radius 1 is 1.13 bits per heavy atom. The first-order valence-electron chi connectivity index (χ1n) is 9.38. The van der Waals surface area contributed by atoms with Gasteiger partial charge < -0.3 is 24.4 Å². The number of amides is 2. The quantitative estimate of drug-likeness (QED) is 0.261. The average molecular weight is 507 g/mol. The van der Waals surface area contributed by atoms with Crippen molar-refractivity contribution in [3.8, 4) is 0 Å². The highest BCUT2D eigenvalue weighted by atomic mass is 79.9. The summed E-state index contributed by atoms with van der Waals surface area (Å²) in [5, 5.41) is 3.88. The molecule has 1 N–H and O–H groups in total. The summed E-state index contributed by atoms with van der Waals surface area (Å²) < 4.78 is 15.8. The molecular weight excluding hydrogens is 480 g/mol. The van der Waals surface area contributed by atoms with Crippen molar-refractivity contribution >= 4 is 51.6 Å². The Bertz CT molecular complexity index is 757. The summed E-state index contributed by atoms with van der Waals surface area (Å²) in [6.45, 7) is 10.3. The third-order valence-corrected chi connectivity index (χ3v) is 5.33. The van der Waals surface area contributed by atoms with Crippen molar-refractivity contribution in [1.29, 1.82) is 0 Å². The molecule has 0 spiro atoms. The lowest BCUT2D eigenvalue weighted by molar-refractivity contribution is -0.171. The molecule has 2 aliphatic heterocycles. The number of hydrogen-bond donors (Lipinski definition) is 1. The van der Waals surface area contributed by atoms with Crippen molar-refractivity contribution in [3.05, 3.63) is 11.0 Å².